The van der Waals surface area contributed by atoms with E-state index in [4.69, 9.17) is 9.84 Å². The number of amides is 1. The number of hydrogen-bond donors (Lipinski definition) is 1. The summed E-state index contributed by atoms with van der Waals surface area (Å²) in [7, 11) is 0. The van der Waals surface area contributed by atoms with E-state index in [0.717, 1.165) is 22.5 Å². The molecule has 8 nitrogen and oxygen atoms in total. The molecule has 3 aromatic rings. The average Bonchev–Trinajstić information content (AvgIpc) is 3.43. The largest absolute Gasteiger partial charge is 0.444 e. The van der Waals surface area contributed by atoms with Crippen molar-refractivity contribution >= 4 is 17.6 Å². The van der Waals surface area contributed by atoms with E-state index in [2.05, 4.69) is 10.2 Å². The van der Waals surface area contributed by atoms with Gasteiger partial charge in [0.1, 0.15) is 17.5 Å². The number of fused-ring (bicyclic) bond motifs is 1. The van der Waals surface area contributed by atoms with Crippen LogP contribution in [0.3, 0.4) is 0 Å². The highest BCUT2D eigenvalue weighted by Gasteiger charge is 2.35. The molecular weight excluding hydrogens is 473 g/mol. The fourth-order valence-corrected chi connectivity index (χ4v) is 4.78. The average molecular weight is 506 g/mol. The van der Waals surface area contributed by atoms with Crippen LogP contribution in [0.2, 0.25) is 0 Å². The van der Waals surface area contributed by atoms with Crippen molar-refractivity contribution in [2.24, 2.45) is 0 Å². The molecule has 1 N–H and O–H groups in total. The Morgan fingerprint density at radius 1 is 1.14 bits per heavy atom. The monoisotopic (exact) mass is 505 g/mol. The van der Waals surface area contributed by atoms with Crippen LogP contribution in [0, 0.1) is 5.82 Å². The normalized spacial score (nSPS) is 17.6. The Morgan fingerprint density at radius 3 is 2.65 bits per heavy atom. The first-order valence-corrected chi connectivity index (χ1v) is 12.6. The molecule has 1 atom stereocenters. The van der Waals surface area contributed by atoms with Gasteiger partial charge in [0.2, 0.25) is 0 Å². The number of ketones is 1. The Hall–Kier alpha value is -3.72. The van der Waals surface area contributed by atoms with Crippen LogP contribution in [0.5, 0.6) is 0 Å². The lowest BCUT2D eigenvalue weighted by Gasteiger charge is -2.36. The minimum absolute atomic E-state index is 0.110. The number of rotatable bonds is 5. The van der Waals surface area contributed by atoms with Gasteiger partial charge in [-0.3, -0.25) is 14.4 Å². The lowest BCUT2D eigenvalue weighted by Crippen LogP contribution is -2.57. The summed E-state index contributed by atoms with van der Waals surface area (Å²) in [6, 6.07) is 13.4. The number of anilines is 1. The van der Waals surface area contributed by atoms with Crippen LogP contribution >= 0.6 is 0 Å². The maximum absolute atomic E-state index is 13.5. The van der Waals surface area contributed by atoms with E-state index in [0.29, 0.717) is 44.8 Å². The van der Waals surface area contributed by atoms with E-state index in [-0.39, 0.29) is 11.6 Å². The van der Waals surface area contributed by atoms with Gasteiger partial charge in [-0.15, -0.1) is 0 Å². The predicted octanol–water partition coefficient (Wildman–Crippen LogP) is 3.98. The molecule has 0 bridgehead atoms. The first-order chi connectivity index (χ1) is 17.7. The molecule has 1 unspecified atom stereocenters. The number of nitrogens with zero attached hydrogens (tertiary/aromatic N) is 4. The highest BCUT2D eigenvalue weighted by atomic mass is 19.1. The Kier molecular flexibility index (Phi) is 6.72. The molecule has 3 heterocycles. The maximum atomic E-state index is 13.5. The van der Waals surface area contributed by atoms with Crippen molar-refractivity contribution in [3.8, 4) is 0 Å². The van der Waals surface area contributed by atoms with Gasteiger partial charge < -0.3 is 15.0 Å². The second-order valence-corrected chi connectivity index (χ2v) is 10.6. The van der Waals surface area contributed by atoms with Gasteiger partial charge in [-0.05, 0) is 50.6 Å². The topological polar surface area (TPSA) is 79.7 Å². The Balaban J connectivity index is 1.27. The highest BCUT2D eigenvalue weighted by molar-refractivity contribution is 6.02. The number of halogens is 1. The Bertz CT molecular complexity index is 1270. The first kappa shape index (κ1) is 25.0. The fourth-order valence-electron chi connectivity index (χ4n) is 4.78. The number of nitrogens with one attached hydrogen (secondary N) is 1. The summed E-state index contributed by atoms with van der Waals surface area (Å²) in [6.07, 6.45) is 1.56. The second kappa shape index (κ2) is 9.97. The van der Waals surface area contributed by atoms with Crippen molar-refractivity contribution in [2.45, 2.75) is 52.0 Å². The van der Waals surface area contributed by atoms with Gasteiger partial charge >= 0.3 is 6.09 Å². The Labute approximate surface area is 216 Å². The quantitative estimate of drug-likeness (QED) is 0.529. The van der Waals surface area contributed by atoms with E-state index in [1.54, 1.807) is 18.2 Å². The van der Waals surface area contributed by atoms with Crippen molar-refractivity contribution in [2.75, 3.05) is 24.5 Å². The zero-order valence-electron chi connectivity index (χ0n) is 21.4. The van der Waals surface area contributed by atoms with E-state index in [1.165, 1.54) is 17.0 Å². The van der Waals surface area contributed by atoms with Crippen LogP contribution in [0.4, 0.5) is 14.9 Å². The summed E-state index contributed by atoms with van der Waals surface area (Å²) < 4.78 is 20.6. The third-order valence-electron chi connectivity index (χ3n) is 6.55. The molecule has 1 amide bonds. The molecule has 9 heteroatoms. The van der Waals surface area contributed by atoms with Gasteiger partial charge in [0, 0.05) is 49.2 Å². The van der Waals surface area contributed by atoms with Gasteiger partial charge in [-0.1, -0.05) is 24.3 Å². The summed E-state index contributed by atoms with van der Waals surface area (Å²) in [5.74, 6) is -0.360. The number of ether oxygens (including phenoxy) is 1. The minimum Gasteiger partial charge on any atom is -0.444 e. The predicted molar refractivity (Wildman–Crippen MR) is 138 cm³/mol. The van der Waals surface area contributed by atoms with Gasteiger partial charge in [-0.2, -0.15) is 5.10 Å². The molecule has 1 saturated heterocycles. The number of benzene rings is 2. The smallest absolute Gasteiger partial charge is 0.411 e. The second-order valence-electron chi connectivity index (χ2n) is 10.6. The molecule has 0 saturated carbocycles. The van der Waals surface area contributed by atoms with Gasteiger partial charge in [-0.25, -0.2) is 9.18 Å². The zero-order chi connectivity index (χ0) is 26.2. The van der Waals surface area contributed by atoms with Gasteiger partial charge in [0.15, 0.2) is 5.78 Å². The molecule has 0 radical (unpaired) electrons. The standard InChI is InChI=1S/C28H32FN5O3/c1-28(2,3)37-27(36)34-12-11-30-14-25(34)26(35)20-5-4-6-23(13-20)32-16-21-17-33(31-24(21)18-32)15-19-7-9-22(29)10-8-19/h4-10,13,17,25,30H,11-12,14-16,18H2,1-3H3. The van der Waals surface area contributed by atoms with Crippen LogP contribution in [0.15, 0.2) is 54.7 Å². The zero-order valence-corrected chi connectivity index (χ0v) is 21.4. The lowest BCUT2D eigenvalue weighted by molar-refractivity contribution is 0.0125. The van der Waals surface area contributed by atoms with Crippen LogP contribution in [-0.4, -0.2) is 57.8 Å². The number of Topliss-reactive ketones (excluding diaryl/α,β-unsaturated/α-hetero) is 1. The molecule has 2 aromatic carbocycles. The van der Waals surface area contributed by atoms with Crippen molar-refractivity contribution in [3.63, 3.8) is 0 Å². The fraction of sp³-hybridized carbons (Fsp3) is 0.393. The third kappa shape index (κ3) is 5.67. The third-order valence-corrected chi connectivity index (χ3v) is 6.55. The molecule has 0 aliphatic carbocycles. The van der Waals surface area contributed by atoms with Crippen molar-refractivity contribution < 1.29 is 18.7 Å². The van der Waals surface area contributed by atoms with E-state index < -0.39 is 17.7 Å². The van der Waals surface area contributed by atoms with Crippen LogP contribution in [0.1, 0.15) is 48.0 Å². The van der Waals surface area contributed by atoms with Crippen molar-refractivity contribution in [1.82, 2.24) is 20.0 Å². The Morgan fingerprint density at radius 2 is 1.92 bits per heavy atom. The summed E-state index contributed by atoms with van der Waals surface area (Å²) in [4.78, 5) is 30.0. The van der Waals surface area contributed by atoms with Gasteiger partial charge in [0.05, 0.1) is 18.8 Å². The van der Waals surface area contributed by atoms with Crippen LogP contribution in [-0.2, 0) is 24.4 Å². The molecule has 5 rings (SSSR count). The molecule has 1 aromatic heterocycles. The number of carbonyl (C=O) groups excluding carboxylic acids is 2. The van der Waals surface area contributed by atoms with E-state index >= 15 is 0 Å². The molecule has 0 spiro atoms. The molecule has 2 aliphatic rings. The highest BCUT2D eigenvalue weighted by Crippen LogP contribution is 2.29. The minimum atomic E-state index is -0.630. The van der Waals surface area contributed by atoms with Crippen molar-refractivity contribution in [3.05, 3.63) is 82.9 Å². The summed E-state index contributed by atoms with van der Waals surface area (Å²) in [5.41, 5.74) is 3.98. The first-order valence-electron chi connectivity index (χ1n) is 12.6. The van der Waals surface area contributed by atoms with Crippen LogP contribution < -0.4 is 10.2 Å². The number of aromatic nitrogens is 2. The van der Waals surface area contributed by atoms with Crippen LogP contribution in [0.25, 0.3) is 0 Å². The van der Waals surface area contributed by atoms with E-state index in [1.807, 2.05) is 49.8 Å². The summed E-state index contributed by atoms with van der Waals surface area (Å²) in [6.45, 7) is 8.79. The molecule has 2 aliphatic heterocycles. The summed E-state index contributed by atoms with van der Waals surface area (Å²) in [5, 5.41) is 7.95. The number of carbonyl (C=O) groups is 2. The molecule has 37 heavy (non-hydrogen) atoms. The number of hydrogen-bond acceptors (Lipinski definition) is 6. The molecule has 194 valence electrons. The lowest BCUT2D eigenvalue weighted by atomic mass is 10.0. The number of piperazine rings is 1. The maximum Gasteiger partial charge on any atom is 0.411 e. The molecule has 1 fully saturated rings. The molecular formula is C28H32FN5O3. The van der Waals surface area contributed by atoms with Gasteiger partial charge in [0.25, 0.3) is 0 Å². The van der Waals surface area contributed by atoms with Crippen molar-refractivity contribution in [1.29, 1.82) is 0 Å². The SMILES string of the molecule is CC(C)(C)OC(=O)N1CCNCC1C(=O)c1cccc(N2Cc3cn(Cc4ccc(F)cc4)nc3C2)c1. The summed E-state index contributed by atoms with van der Waals surface area (Å²) >= 11 is 0. The van der Waals surface area contributed by atoms with E-state index in [9.17, 15) is 14.0 Å².